The molecular weight excluding hydrogens is 194 g/mol. The number of hydrogen-bond acceptors (Lipinski definition) is 1. The molecule has 94 valence electrons. The van der Waals surface area contributed by atoms with Gasteiger partial charge in [0, 0.05) is 12.1 Å². The molecule has 16 heavy (non-hydrogen) atoms. The fraction of sp³-hybridized carbons (Fsp3) is 1.00. The van der Waals surface area contributed by atoms with Gasteiger partial charge in [-0.15, -0.1) is 0 Å². The molecule has 0 radical (unpaired) electrons. The van der Waals surface area contributed by atoms with Crippen molar-refractivity contribution in [2.24, 2.45) is 11.8 Å². The largest absolute Gasteiger partial charge is 0.311 e. The molecule has 0 spiro atoms. The Hall–Kier alpha value is -0.0400. The Balaban J connectivity index is 1.88. The van der Waals surface area contributed by atoms with Crippen LogP contribution in [0.5, 0.6) is 0 Å². The van der Waals surface area contributed by atoms with E-state index in [0.29, 0.717) is 0 Å². The van der Waals surface area contributed by atoms with E-state index in [-0.39, 0.29) is 0 Å². The molecule has 1 nitrogen and oxygen atoms in total. The van der Waals surface area contributed by atoms with E-state index in [4.69, 9.17) is 0 Å². The maximum absolute atomic E-state index is 3.76. The average molecular weight is 223 g/mol. The van der Waals surface area contributed by atoms with E-state index in [1.165, 1.54) is 57.8 Å². The van der Waals surface area contributed by atoms with Crippen LogP contribution in [0.2, 0.25) is 0 Å². The van der Waals surface area contributed by atoms with E-state index in [2.05, 4.69) is 19.2 Å². The monoisotopic (exact) mass is 223 g/mol. The molecule has 3 unspecified atom stereocenters. The molecule has 1 saturated heterocycles. The summed E-state index contributed by atoms with van der Waals surface area (Å²) in [6.45, 7) is 4.75. The summed E-state index contributed by atoms with van der Waals surface area (Å²) in [7, 11) is 0. The second-order valence-electron chi connectivity index (χ2n) is 6.20. The quantitative estimate of drug-likeness (QED) is 0.705. The maximum Gasteiger partial charge on any atom is 0.00721 e. The van der Waals surface area contributed by atoms with E-state index in [0.717, 1.165) is 23.9 Å². The minimum absolute atomic E-state index is 0.750. The van der Waals surface area contributed by atoms with Crippen molar-refractivity contribution in [3.8, 4) is 0 Å². The SMILES string of the molecule is CC1CCC(C2CCCCCCC2)C(C)N1. The van der Waals surface area contributed by atoms with Crippen molar-refractivity contribution in [3.63, 3.8) is 0 Å². The van der Waals surface area contributed by atoms with Gasteiger partial charge in [-0.25, -0.2) is 0 Å². The fourth-order valence-electron chi connectivity index (χ4n) is 3.91. The van der Waals surface area contributed by atoms with Crippen LogP contribution in [0, 0.1) is 11.8 Å². The third-order valence-electron chi connectivity index (χ3n) is 4.88. The lowest BCUT2D eigenvalue weighted by Gasteiger charge is -2.39. The van der Waals surface area contributed by atoms with Crippen molar-refractivity contribution >= 4 is 0 Å². The molecule has 3 atom stereocenters. The molecule has 0 aromatic carbocycles. The predicted octanol–water partition coefficient (Wildman–Crippen LogP) is 4.12. The summed E-state index contributed by atoms with van der Waals surface area (Å²) in [5.74, 6) is 1.99. The fourth-order valence-corrected chi connectivity index (χ4v) is 3.91. The van der Waals surface area contributed by atoms with E-state index >= 15 is 0 Å². The highest BCUT2D eigenvalue weighted by atomic mass is 15.0. The highest BCUT2D eigenvalue weighted by Gasteiger charge is 2.30. The lowest BCUT2D eigenvalue weighted by Crippen LogP contribution is -2.47. The highest BCUT2D eigenvalue weighted by molar-refractivity contribution is 4.86. The van der Waals surface area contributed by atoms with Crippen LogP contribution in [0.15, 0.2) is 0 Å². The highest BCUT2D eigenvalue weighted by Crippen LogP contribution is 2.35. The van der Waals surface area contributed by atoms with Crippen LogP contribution in [0.3, 0.4) is 0 Å². The van der Waals surface area contributed by atoms with Crippen LogP contribution in [-0.2, 0) is 0 Å². The summed E-state index contributed by atoms with van der Waals surface area (Å²) in [5, 5.41) is 3.76. The van der Waals surface area contributed by atoms with Crippen LogP contribution in [-0.4, -0.2) is 12.1 Å². The van der Waals surface area contributed by atoms with Gasteiger partial charge in [0.05, 0.1) is 0 Å². The van der Waals surface area contributed by atoms with Crippen molar-refractivity contribution in [1.82, 2.24) is 5.32 Å². The summed E-state index contributed by atoms with van der Waals surface area (Å²) < 4.78 is 0. The molecule has 0 bridgehead atoms. The Bertz CT molecular complexity index is 194. The molecule has 2 aliphatic rings. The molecule has 1 aliphatic heterocycles. The summed E-state index contributed by atoms with van der Waals surface area (Å²) >= 11 is 0. The predicted molar refractivity (Wildman–Crippen MR) is 70.6 cm³/mol. The minimum atomic E-state index is 0.750. The van der Waals surface area contributed by atoms with Gasteiger partial charge < -0.3 is 5.32 Å². The lowest BCUT2D eigenvalue weighted by molar-refractivity contribution is 0.156. The number of hydrogen-bond donors (Lipinski definition) is 1. The summed E-state index contributed by atoms with van der Waals surface area (Å²) in [4.78, 5) is 0. The second kappa shape index (κ2) is 6.05. The first-order chi connectivity index (χ1) is 7.77. The topological polar surface area (TPSA) is 12.0 Å². The summed E-state index contributed by atoms with van der Waals surface area (Å²) in [5.41, 5.74) is 0. The van der Waals surface area contributed by atoms with E-state index in [1.54, 1.807) is 0 Å². The smallest absolute Gasteiger partial charge is 0.00721 e. The van der Waals surface area contributed by atoms with Crippen LogP contribution >= 0.6 is 0 Å². The zero-order valence-corrected chi connectivity index (χ0v) is 11.2. The van der Waals surface area contributed by atoms with Crippen molar-refractivity contribution in [2.75, 3.05) is 0 Å². The third kappa shape index (κ3) is 3.23. The third-order valence-corrected chi connectivity index (χ3v) is 4.88. The zero-order chi connectivity index (χ0) is 11.4. The van der Waals surface area contributed by atoms with Gasteiger partial charge in [0.25, 0.3) is 0 Å². The van der Waals surface area contributed by atoms with Gasteiger partial charge in [-0.05, 0) is 38.5 Å². The summed E-state index contributed by atoms with van der Waals surface area (Å²) in [6.07, 6.45) is 13.3. The number of rotatable bonds is 1. The van der Waals surface area contributed by atoms with Gasteiger partial charge in [0.15, 0.2) is 0 Å². The van der Waals surface area contributed by atoms with Gasteiger partial charge in [-0.2, -0.15) is 0 Å². The molecule has 0 aromatic heterocycles. The normalized spacial score (nSPS) is 39.0. The first-order valence-electron chi connectivity index (χ1n) is 7.53. The van der Waals surface area contributed by atoms with Crippen molar-refractivity contribution in [2.45, 2.75) is 83.7 Å². The molecular formula is C15H29N. The second-order valence-corrected chi connectivity index (χ2v) is 6.20. The molecule has 1 N–H and O–H groups in total. The van der Waals surface area contributed by atoms with Crippen LogP contribution in [0.1, 0.15) is 71.6 Å². The Morgan fingerprint density at radius 1 is 0.750 bits per heavy atom. The average Bonchev–Trinajstić information content (AvgIpc) is 2.19. The lowest BCUT2D eigenvalue weighted by atomic mass is 9.74. The molecule has 1 aliphatic carbocycles. The molecule has 2 rings (SSSR count). The molecule has 1 heterocycles. The van der Waals surface area contributed by atoms with Crippen molar-refractivity contribution < 1.29 is 0 Å². The van der Waals surface area contributed by atoms with E-state index < -0.39 is 0 Å². The standard InChI is InChI=1S/C15H29N/c1-12-10-11-15(13(2)16-12)14-8-6-4-3-5-7-9-14/h12-16H,3-11H2,1-2H3. The molecule has 0 amide bonds. The zero-order valence-electron chi connectivity index (χ0n) is 11.2. The van der Waals surface area contributed by atoms with Gasteiger partial charge in [-0.1, -0.05) is 44.9 Å². The minimum Gasteiger partial charge on any atom is -0.311 e. The summed E-state index contributed by atoms with van der Waals surface area (Å²) in [6, 6.07) is 1.51. The first kappa shape index (κ1) is 12.4. The van der Waals surface area contributed by atoms with Crippen LogP contribution in [0.25, 0.3) is 0 Å². The van der Waals surface area contributed by atoms with Crippen molar-refractivity contribution in [1.29, 1.82) is 0 Å². The van der Waals surface area contributed by atoms with Crippen molar-refractivity contribution in [3.05, 3.63) is 0 Å². The molecule has 1 saturated carbocycles. The number of nitrogens with one attached hydrogen (secondary N) is 1. The Kier molecular flexibility index (Phi) is 4.69. The first-order valence-corrected chi connectivity index (χ1v) is 7.53. The van der Waals surface area contributed by atoms with Crippen LogP contribution < -0.4 is 5.32 Å². The van der Waals surface area contributed by atoms with Gasteiger partial charge in [0.1, 0.15) is 0 Å². The van der Waals surface area contributed by atoms with E-state index in [1.807, 2.05) is 0 Å². The van der Waals surface area contributed by atoms with E-state index in [9.17, 15) is 0 Å². The maximum atomic E-state index is 3.76. The molecule has 1 heteroatoms. The van der Waals surface area contributed by atoms with Crippen LogP contribution in [0.4, 0.5) is 0 Å². The molecule has 0 aromatic rings. The Morgan fingerprint density at radius 2 is 1.38 bits per heavy atom. The number of piperidine rings is 1. The Labute approximate surface area is 101 Å². The van der Waals surface area contributed by atoms with Gasteiger partial charge >= 0.3 is 0 Å². The Morgan fingerprint density at radius 3 is 2.00 bits per heavy atom. The molecule has 2 fully saturated rings. The van der Waals surface area contributed by atoms with Gasteiger partial charge in [0.2, 0.25) is 0 Å². The van der Waals surface area contributed by atoms with Gasteiger partial charge in [-0.3, -0.25) is 0 Å².